The standard InChI is InChI=1S/C12H8Cl2N4OS/c13-9-4-3-8(6-10(9)14)7-17-12(19)18(16-15-17)11-2-1-5-20-11/h1-6H,7H2. The maximum Gasteiger partial charge on any atom is 0.369 e. The van der Waals surface area contributed by atoms with E-state index in [-0.39, 0.29) is 5.69 Å². The van der Waals surface area contributed by atoms with Gasteiger partial charge >= 0.3 is 5.69 Å². The fourth-order valence-electron chi connectivity index (χ4n) is 1.71. The van der Waals surface area contributed by atoms with Crippen LogP contribution in [0, 0.1) is 0 Å². The highest BCUT2D eigenvalue weighted by molar-refractivity contribution is 7.12. The van der Waals surface area contributed by atoms with Crippen molar-refractivity contribution in [2.45, 2.75) is 6.54 Å². The summed E-state index contributed by atoms with van der Waals surface area (Å²) in [5.41, 5.74) is 0.540. The van der Waals surface area contributed by atoms with E-state index in [1.54, 1.807) is 18.2 Å². The summed E-state index contributed by atoms with van der Waals surface area (Å²) in [6, 6.07) is 8.86. The number of aromatic nitrogens is 4. The number of hydrogen-bond donors (Lipinski definition) is 0. The van der Waals surface area contributed by atoms with E-state index in [9.17, 15) is 4.79 Å². The zero-order valence-corrected chi connectivity index (χ0v) is 12.4. The monoisotopic (exact) mass is 326 g/mol. The quantitative estimate of drug-likeness (QED) is 0.743. The van der Waals surface area contributed by atoms with Crippen LogP contribution >= 0.6 is 34.5 Å². The van der Waals surface area contributed by atoms with Gasteiger partial charge in [-0.1, -0.05) is 29.3 Å². The Kier molecular flexibility index (Phi) is 3.60. The van der Waals surface area contributed by atoms with E-state index in [0.717, 1.165) is 10.6 Å². The van der Waals surface area contributed by atoms with Crippen LogP contribution in [0.15, 0.2) is 40.5 Å². The predicted octanol–water partition coefficient (Wildman–Crippen LogP) is 2.85. The smallest absolute Gasteiger partial charge is 0.244 e. The van der Waals surface area contributed by atoms with Crippen molar-refractivity contribution >= 4 is 34.5 Å². The molecule has 20 heavy (non-hydrogen) atoms. The summed E-state index contributed by atoms with van der Waals surface area (Å²) in [4.78, 5) is 12.2. The van der Waals surface area contributed by atoms with E-state index >= 15 is 0 Å². The molecule has 2 aromatic heterocycles. The van der Waals surface area contributed by atoms with Crippen molar-refractivity contribution in [1.29, 1.82) is 0 Å². The number of tetrazole rings is 1. The molecule has 0 amide bonds. The van der Waals surface area contributed by atoms with E-state index in [4.69, 9.17) is 23.2 Å². The molecule has 3 aromatic rings. The molecule has 0 aliphatic carbocycles. The SMILES string of the molecule is O=c1n(Cc2ccc(Cl)c(Cl)c2)nnn1-c1cccs1. The van der Waals surface area contributed by atoms with Crippen molar-refractivity contribution in [1.82, 2.24) is 19.8 Å². The van der Waals surface area contributed by atoms with Crippen molar-refractivity contribution in [3.63, 3.8) is 0 Å². The first-order chi connectivity index (χ1) is 9.65. The van der Waals surface area contributed by atoms with Gasteiger partial charge in [-0.15, -0.1) is 11.3 Å². The van der Waals surface area contributed by atoms with Crippen molar-refractivity contribution in [2.24, 2.45) is 0 Å². The first kappa shape index (κ1) is 13.4. The molecule has 3 rings (SSSR count). The molecule has 0 aliphatic heterocycles. The summed E-state index contributed by atoms with van der Waals surface area (Å²) in [5.74, 6) is 0. The highest BCUT2D eigenvalue weighted by Crippen LogP contribution is 2.22. The maximum atomic E-state index is 12.2. The lowest BCUT2D eigenvalue weighted by atomic mass is 10.2. The molecule has 0 bridgehead atoms. The van der Waals surface area contributed by atoms with Crippen LogP contribution in [-0.4, -0.2) is 19.8 Å². The third kappa shape index (κ3) is 2.49. The Balaban J connectivity index is 1.92. The van der Waals surface area contributed by atoms with E-state index < -0.39 is 0 Å². The van der Waals surface area contributed by atoms with Gasteiger partial charge in [-0.2, -0.15) is 9.36 Å². The fraction of sp³-hybridized carbons (Fsp3) is 0.0833. The average Bonchev–Trinajstić information content (AvgIpc) is 3.05. The number of thiophene rings is 1. The first-order valence-electron chi connectivity index (χ1n) is 5.66. The highest BCUT2D eigenvalue weighted by atomic mass is 35.5. The molecule has 0 N–H and O–H groups in total. The fourth-order valence-corrected chi connectivity index (χ4v) is 2.70. The Morgan fingerprint density at radius 3 is 2.70 bits per heavy atom. The summed E-state index contributed by atoms with van der Waals surface area (Å²) in [5, 5.41) is 11.3. The van der Waals surface area contributed by atoms with Crippen LogP contribution in [0.4, 0.5) is 0 Å². The molecule has 0 radical (unpaired) electrons. The topological polar surface area (TPSA) is 52.7 Å². The number of rotatable bonds is 3. The highest BCUT2D eigenvalue weighted by Gasteiger charge is 2.10. The van der Waals surface area contributed by atoms with Crippen molar-refractivity contribution < 1.29 is 0 Å². The molecule has 0 unspecified atom stereocenters. The lowest BCUT2D eigenvalue weighted by molar-refractivity contribution is 0.632. The Morgan fingerprint density at radius 1 is 1.15 bits per heavy atom. The Labute approximate surface area is 128 Å². The van der Waals surface area contributed by atoms with Gasteiger partial charge in [-0.25, -0.2) is 4.79 Å². The van der Waals surface area contributed by atoms with Gasteiger partial charge in [0.1, 0.15) is 5.00 Å². The number of nitrogens with zero attached hydrogens (tertiary/aromatic N) is 4. The molecule has 0 atom stereocenters. The summed E-state index contributed by atoms with van der Waals surface area (Å²) in [7, 11) is 0. The lowest BCUT2D eigenvalue weighted by Gasteiger charge is -2.01. The van der Waals surface area contributed by atoms with Gasteiger partial charge in [-0.3, -0.25) is 0 Å². The van der Waals surface area contributed by atoms with Gasteiger partial charge < -0.3 is 0 Å². The molecule has 0 spiro atoms. The maximum absolute atomic E-state index is 12.2. The molecular weight excluding hydrogens is 319 g/mol. The minimum absolute atomic E-state index is 0.293. The Morgan fingerprint density at radius 2 is 2.00 bits per heavy atom. The van der Waals surface area contributed by atoms with E-state index in [1.807, 2.05) is 17.5 Å². The first-order valence-corrected chi connectivity index (χ1v) is 7.29. The zero-order chi connectivity index (χ0) is 14.1. The molecule has 5 nitrogen and oxygen atoms in total. The second-order valence-corrected chi connectivity index (χ2v) is 5.77. The zero-order valence-electron chi connectivity index (χ0n) is 10.0. The summed E-state index contributed by atoms with van der Waals surface area (Å²) in [6.07, 6.45) is 0. The number of hydrogen-bond acceptors (Lipinski definition) is 4. The van der Waals surface area contributed by atoms with Crippen LogP contribution in [0.1, 0.15) is 5.56 Å². The molecule has 0 aliphatic rings. The third-order valence-corrected chi connectivity index (χ3v) is 4.25. The second kappa shape index (κ2) is 5.40. The van der Waals surface area contributed by atoms with Gasteiger partial charge in [0.05, 0.1) is 16.6 Å². The summed E-state index contributed by atoms with van der Waals surface area (Å²) >= 11 is 13.2. The van der Waals surface area contributed by atoms with Crippen LogP contribution in [0.5, 0.6) is 0 Å². The van der Waals surface area contributed by atoms with Gasteiger partial charge in [0, 0.05) is 0 Å². The van der Waals surface area contributed by atoms with E-state index in [0.29, 0.717) is 16.6 Å². The van der Waals surface area contributed by atoms with Crippen LogP contribution in [0.3, 0.4) is 0 Å². The average molecular weight is 327 g/mol. The van der Waals surface area contributed by atoms with Crippen molar-refractivity contribution in [2.75, 3.05) is 0 Å². The Bertz CT molecular complexity index is 794. The van der Waals surface area contributed by atoms with E-state index in [2.05, 4.69) is 10.4 Å². The van der Waals surface area contributed by atoms with Gasteiger partial charge in [0.25, 0.3) is 0 Å². The molecule has 0 fully saturated rings. The second-order valence-electron chi connectivity index (χ2n) is 4.03. The Hall–Kier alpha value is -1.63. The van der Waals surface area contributed by atoms with Gasteiger partial charge in [0.15, 0.2) is 0 Å². The third-order valence-electron chi connectivity index (χ3n) is 2.67. The molecular formula is C12H8Cl2N4OS. The minimum atomic E-state index is -0.293. The molecule has 2 heterocycles. The molecule has 8 heteroatoms. The van der Waals surface area contributed by atoms with Gasteiger partial charge in [-0.05, 0) is 45.6 Å². The van der Waals surface area contributed by atoms with Crippen LogP contribution in [-0.2, 0) is 6.54 Å². The lowest BCUT2D eigenvalue weighted by Crippen LogP contribution is -2.24. The van der Waals surface area contributed by atoms with Crippen LogP contribution in [0.25, 0.3) is 5.00 Å². The minimum Gasteiger partial charge on any atom is -0.244 e. The molecule has 0 saturated carbocycles. The molecule has 102 valence electrons. The largest absolute Gasteiger partial charge is 0.369 e. The molecule has 1 aromatic carbocycles. The number of halogens is 2. The number of benzene rings is 1. The van der Waals surface area contributed by atoms with E-state index in [1.165, 1.54) is 20.7 Å². The predicted molar refractivity (Wildman–Crippen MR) is 79.1 cm³/mol. The summed E-state index contributed by atoms with van der Waals surface area (Å²) < 4.78 is 2.54. The van der Waals surface area contributed by atoms with Crippen LogP contribution < -0.4 is 5.69 Å². The molecule has 0 saturated heterocycles. The van der Waals surface area contributed by atoms with Crippen LogP contribution in [0.2, 0.25) is 10.0 Å². The van der Waals surface area contributed by atoms with Crippen molar-refractivity contribution in [3.05, 3.63) is 61.8 Å². The summed E-state index contributed by atoms with van der Waals surface area (Å²) in [6.45, 7) is 0.293. The van der Waals surface area contributed by atoms with Gasteiger partial charge in [0.2, 0.25) is 0 Å². The normalized spacial score (nSPS) is 10.9. The van der Waals surface area contributed by atoms with Crippen molar-refractivity contribution in [3.8, 4) is 5.00 Å².